The van der Waals surface area contributed by atoms with Crippen molar-refractivity contribution in [1.82, 2.24) is 5.32 Å². The Kier molecular flexibility index (Phi) is 4.89. The van der Waals surface area contributed by atoms with Crippen LogP contribution in [-0.2, 0) is 4.74 Å². The zero-order valence-corrected chi connectivity index (χ0v) is 12.9. The van der Waals surface area contributed by atoms with Gasteiger partial charge in [0.05, 0.1) is 20.3 Å². The van der Waals surface area contributed by atoms with Gasteiger partial charge in [-0.05, 0) is 38.0 Å². The van der Waals surface area contributed by atoms with Gasteiger partial charge in [-0.1, -0.05) is 6.92 Å². The molecule has 2 unspecified atom stereocenters. The fourth-order valence-electron chi connectivity index (χ4n) is 2.51. The van der Waals surface area contributed by atoms with Crippen molar-refractivity contribution in [1.29, 1.82) is 0 Å². The van der Waals surface area contributed by atoms with Gasteiger partial charge < -0.3 is 19.5 Å². The molecule has 0 bridgehead atoms. The van der Waals surface area contributed by atoms with E-state index in [2.05, 4.69) is 19.2 Å². The third-order valence-corrected chi connectivity index (χ3v) is 4.25. The Hall–Kier alpha value is -1.26. The molecular weight excluding hydrogens is 254 g/mol. The van der Waals surface area contributed by atoms with Crippen LogP contribution in [0.5, 0.6) is 11.5 Å². The van der Waals surface area contributed by atoms with Gasteiger partial charge in [0.15, 0.2) is 0 Å². The fraction of sp³-hybridized carbons (Fsp3) is 0.625. The standard InChI is InChI=1S/C16H25NO3/c1-5-16(2)8-9-20-15(11-17-16)13-10-12(18-3)6-7-14(13)19-4/h6-7,10,15,17H,5,8-9,11H2,1-4H3. The summed E-state index contributed by atoms with van der Waals surface area (Å²) in [4.78, 5) is 0. The summed E-state index contributed by atoms with van der Waals surface area (Å²) in [6, 6.07) is 5.84. The van der Waals surface area contributed by atoms with Crippen molar-refractivity contribution in [3.8, 4) is 11.5 Å². The van der Waals surface area contributed by atoms with E-state index in [1.165, 1.54) is 0 Å². The molecule has 1 aromatic rings. The molecular formula is C16H25NO3. The first kappa shape index (κ1) is 15.1. The predicted molar refractivity (Wildman–Crippen MR) is 79.6 cm³/mol. The number of nitrogens with one attached hydrogen (secondary N) is 1. The Morgan fingerprint density at radius 1 is 1.35 bits per heavy atom. The first-order valence-electron chi connectivity index (χ1n) is 7.20. The number of methoxy groups -OCH3 is 2. The van der Waals surface area contributed by atoms with Crippen LogP contribution in [0.1, 0.15) is 38.4 Å². The van der Waals surface area contributed by atoms with Gasteiger partial charge in [0, 0.05) is 24.3 Å². The van der Waals surface area contributed by atoms with Gasteiger partial charge in [0.25, 0.3) is 0 Å². The van der Waals surface area contributed by atoms with Crippen LogP contribution in [0.2, 0.25) is 0 Å². The summed E-state index contributed by atoms with van der Waals surface area (Å²) in [5, 5.41) is 3.62. The molecule has 2 atom stereocenters. The lowest BCUT2D eigenvalue weighted by Crippen LogP contribution is -2.42. The number of benzene rings is 1. The van der Waals surface area contributed by atoms with Crippen LogP contribution in [0.25, 0.3) is 0 Å². The molecule has 20 heavy (non-hydrogen) atoms. The van der Waals surface area contributed by atoms with E-state index in [0.29, 0.717) is 0 Å². The van der Waals surface area contributed by atoms with Gasteiger partial charge in [0.2, 0.25) is 0 Å². The molecule has 1 fully saturated rings. The zero-order chi connectivity index (χ0) is 14.6. The molecule has 4 nitrogen and oxygen atoms in total. The Morgan fingerprint density at radius 2 is 2.15 bits per heavy atom. The first-order valence-corrected chi connectivity index (χ1v) is 7.20. The van der Waals surface area contributed by atoms with Crippen molar-refractivity contribution in [2.45, 2.75) is 38.3 Å². The Morgan fingerprint density at radius 3 is 2.80 bits per heavy atom. The summed E-state index contributed by atoms with van der Waals surface area (Å²) < 4.78 is 16.8. The number of ether oxygens (including phenoxy) is 3. The minimum Gasteiger partial charge on any atom is -0.497 e. The lowest BCUT2D eigenvalue weighted by atomic mass is 9.95. The Labute approximate surface area is 121 Å². The van der Waals surface area contributed by atoms with E-state index in [1.54, 1.807) is 14.2 Å². The van der Waals surface area contributed by atoms with Crippen molar-refractivity contribution in [3.63, 3.8) is 0 Å². The minimum atomic E-state index is -0.00609. The molecule has 0 aromatic heterocycles. The summed E-state index contributed by atoms with van der Waals surface area (Å²) in [5.41, 5.74) is 1.20. The van der Waals surface area contributed by atoms with Crippen LogP contribution in [0, 0.1) is 0 Å². The molecule has 1 aliphatic rings. The van der Waals surface area contributed by atoms with Gasteiger partial charge in [-0.25, -0.2) is 0 Å². The van der Waals surface area contributed by atoms with Crippen LogP contribution in [0.4, 0.5) is 0 Å². The normalized spacial score (nSPS) is 26.9. The highest BCUT2D eigenvalue weighted by atomic mass is 16.5. The zero-order valence-electron chi connectivity index (χ0n) is 12.9. The van der Waals surface area contributed by atoms with E-state index in [0.717, 1.165) is 43.1 Å². The van der Waals surface area contributed by atoms with E-state index < -0.39 is 0 Å². The molecule has 1 saturated heterocycles. The van der Waals surface area contributed by atoms with Crippen LogP contribution < -0.4 is 14.8 Å². The number of hydrogen-bond acceptors (Lipinski definition) is 4. The summed E-state index contributed by atoms with van der Waals surface area (Å²) >= 11 is 0. The molecule has 4 heteroatoms. The van der Waals surface area contributed by atoms with Gasteiger partial charge in [-0.3, -0.25) is 0 Å². The average molecular weight is 279 g/mol. The highest BCUT2D eigenvalue weighted by Crippen LogP contribution is 2.33. The average Bonchev–Trinajstić information content (AvgIpc) is 2.69. The van der Waals surface area contributed by atoms with Gasteiger partial charge in [0.1, 0.15) is 11.5 Å². The van der Waals surface area contributed by atoms with Gasteiger partial charge >= 0.3 is 0 Å². The third kappa shape index (κ3) is 3.25. The fourth-order valence-corrected chi connectivity index (χ4v) is 2.51. The monoisotopic (exact) mass is 279 g/mol. The van der Waals surface area contributed by atoms with E-state index in [-0.39, 0.29) is 11.6 Å². The Bertz CT molecular complexity index is 449. The lowest BCUT2D eigenvalue weighted by molar-refractivity contribution is 0.0634. The van der Waals surface area contributed by atoms with Gasteiger partial charge in [-0.15, -0.1) is 0 Å². The molecule has 1 N–H and O–H groups in total. The molecule has 0 aliphatic carbocycles. The molecule has 1 aromatic carbocycles. The van der Waals surface area contributed by atoms with E-state index >= 15 is 0 Å². The lowest BCUT2D eigenvalue weighted by Gasteiger charge is -2.27. The van der Waals surface area contributed by atoms with Crippen LogP contribution in [0.15, 0.2) is 18.2 Å². The maximum absolute atomic E-state index is 6.03. The molecule has 112 valence electrons. The van der Waals surface area contributed by atoms with Crippen LogP contribution in [-0.4, -0.2) is 32.9 Å². The van der Waals surface area contributed by atoms with Crippen LogP contribution >= 0.6 is 0 Å². The second-order valence-electron chi connectivity index (χ2n) is 5.51. The summed E-state index contributed by atoms with van der Waals surface area (Å²) in [5.74, 6) is 1.67. The maximum Gasteiger partial charge on any atom is 0.124 e. The maximum atomic E-state index is 6.03. The van der Waals surface area contributed by atoms with Gasteiger partial charge in [-0.2, -0.15) is 0 Å². The highest BCUT2D eigenvalue weighted by molar-refractivity contribution is 5.42. The third-order valence-electron chi connectivity index (χ3n) is 4.25. The largest absolute Gasteiger partial charge is 0.497 e. The molecule has 1 aliphatic heterocycles. The number of rotatable bonds is 4. The summed E-state index contributed by atoms with van der Waals surface area (Å²) in [7, 11) is 3.36. The van der Waals surface area contributed by atoms with E-state index in [4.69, 9.17) is 14.2 Å². The Balaban J connectivity index is 2.22. The number of hydrogen-bond donors (Lipinski definition) is 1. The second-order valence-corrected chi connectivity index (χ2v) is 5.51. The quantitative estimate of drug-likeness (QED) is 0.920. The van der Waals surface area contributed by atoms with E-state index in [1.807, 2.05) is 18.2 Å². The van der Waals surface area contributed by atoms with Crippen molar-refractivity contribution in [3.05, 3.63) is 23.8 Å². The molecule has 0 radical (unpaired) electrons. The first-order chi connectivity index (χ1) is 9.61. The summed E-state index contributed by atoms with van der Waals surface area (Å²) in [6.07, 6.45) is 2.11. The minimum absolute atomic E-state index is 0.00609. The molecule has 0 spiro atoms. The van der Waals surface area contributed by atoms with Crippen molar-refractivity contribution >= 4 is 0 Å². The van der Waals surface area contributed by atoms with Crippen molar-refractivity contribution in [2.75, 3.05) is 27.4 Å². The highest BCUT2D eigenvalue weighted by Gasteiger charge is 2.28. The van der Waals surface area contributed by atoms with Crippen molar-refractivity contribution in [2.24, 2.45) is 0 Å². The van der Waals surface area contributed by atoms with E-state index in [9.17, 15) is 0 Å². The molecule has 0 amide bonds. The molecule has 1 heterocycles. The SMILES string of the molecule is CCC1(C)CCOC(c2cc(OC)ccc2OC)CN1. The smallest absolute Gasteiger partial charge is 0.124 e. The van der Waals surface area contributed by atoms with Crippen molar-refractivity contribution < 1.29 is 14.2 Å². The predicted octanol–water partition coefficient (Wildman–Crippen LogP) is 2.92. The second kappa shape index (κ2) is 6.46. The summed E-state index contributed by atoms with van der Waals surface area (Å²) in [6.45, 7) is 6.00. The molecule has 2 rings (SSSR count). The topological polar surface area (TPSA) is 39.7 Å². The molecule has 0 saturated carbocycles. The van der Waals surface area contributed by atoms with Crippen LogP contribution in [0.3, 0.4) is 0 Å².